The molecule has 3 nitrogen and oxygen atoms in total. The molecule has 0 spiro atoms. The third kappa shape index (κ3) is 2.76. The summed E-state index contributed by atoms with van der Waals surface area (Å²) in [6.45, 7) is 8.15. The molecule has 1 saturated carbocycles. The van der Waals surface area contributed by atoms with Crippen LogP contribution in [-0.4, -0.2) is 35.6 Å². The molecule has 1 aromatic rings. The van der Waals surface area contributed by atoms with Gasteiger partial charge in [-0.25, -0.2) is 4.98 Å². The molecule has 1 aliphatic heterocycles. The van der Waals surface area contributed by atoms with E-state index in [4.69, 9.17) is 0 Å². The zero-order valence-corrected chi connectivity index (χ0v) is 12.2. The lowest BCUT2D eigenvalue weighted by molar-refractivity contribution is 0.310. The summed E-state index contributed by atoms with van der Waals surface area (Å²) >= 11 is 1.77. The highest BCUT2D eigenvalue weighted by molar-refractivity contribution is 7.09. The minimum Gasteiger partial charge on any atom is -0.309 e. The van der Waals surface area contributed by atoms with Gasteiger partial charge in [0, 0.05) is 23.5 Å². The van der Waals surface area contributed by atoms with Gasteiger partial charge in [0.2, 0.25) is 0 Å². The first kappa shape index (κ1) is 12.6. The van der Waals surface area contributed by atoms with Crippen LogP contribution in [0, 0.1) is 12.8 Å². The summed E-state index contributed by atoms with van der Waals surface area (Å²) in [6.07, 6.45) is 4.26. The van der Waals surface area contributed by atoms with E-state index in [-0.39, 0.29) is 0 Å². The lowest BCUT2D eigenvalue weighted by Gasteiger charge is -2.18. The van der Waals surface area contributed by atoms with Crippen LogP contribution in [-0.2, 0) is 0 Å². The molecule has 4 heteroatoms. The van der Waals surface area contributed by atoms with Gasteiger partial charge in [0.05, 0.1) is 11.2 Å². The van der Waals surface area contributed by atoms with Crippen LogP contribution in [0.15, 0.2) is 5.51 Å². The molecule has 0 radical (unpaired) electrons. The Kier molecular flexibility index (Phi) is 3.68. The van der Waals surface area contributed by atoms with E-state index in [0.717, 1.165) is 18.5 Å². The number of aromatic nitrogens is 1. The molecule has 3 rings (SSSR count). The van der Waals surface area contributed by atoms with Crippen molar-refractivity contribution in [3.63, 3.8) is 0 Å². The fourth-order valence-electron chi connectivity index (χ4n) is 2.96. The average molecular weight is 265 g/mol. The highest BCUT2D eigenvalue weighted by Gasteiger charge is 2.34. The van der Waals surface area contributed by atoms with Crippen molar-refractivity contribution in [1.82, 2.24) is 15.2 Å². The Balaban J connectivity index is 1.45. The molecule has 0 aromatic carbocycles. The van der Waals surface area contributed by atoms with Crippen LogP contribution < -0.4 is 5.32 Å². The average Bonchev–Trinajstić information content (AvgIpc) is 2.95. The maximum absolute atomic E-state index is 4.33. The second-order valence-corrected chi connectivity index (χ2v) is 6.70. The van der Waals surface area contributed by atoms with Gasteiger partial charge in [-0.05, 0) is 52.1 Å². The third-order valence-corrected chi connectivity index (χ3v) is 5.38. The lowest BCUT2D eigenvalue weighted by Crippen LogP contribution is -2.29. The molecular formula is C14H23N3S. The Labute approximate surface area is 114 Å². The molecule has 1 aromatic heterocycles. The molecule has 2 unspecified atom stereocenters. The number of nitrogens with zero attached hydrogens (tertiary/aromatic N) is 2. The monoisotopic (exact) mass is 265 g/mol. The van der Waals surface area contributed by atoms with Crippen molar-refractivity contribution in [3.8, 4) is 0 Å². The number of rotatable bonds is 5. The van der Waals surface area contributed by atoms with E-state index in [1.54, 1.807) is 11.3 Å². The summed E-state index contributed by atoms with van der Waals surface area (Å²) in [5, 5.41) is 3.69. The topological polar surface area (TPSA) is 28.2 Å². The Hall–Kier alpha value is -0.450. The lowest BCUT2D eigenvalue weighted by atomic mass is 10.1. The van der Waals surface area contributed by atoms with E-state index in [1.807, 2.05) is 5.51 Å². The molecular weight excluding hydrogens is 242 g/mol. The fraction of sp³-hybridized carbons (Fsp3) is 0.786. The third-order valence-electron chi connectivity index (χ3n) is 4.27. The first-order valence-electron chi connectivity index (χ1n) is 7.11. The van der Waals surface area contributed by atoms with Gasteiger partial charge in [-0.15, -0.1) is 11.3 Å². The molecule has 2 atom stereocenters. The molecule has 2 heterocycles. The largest absolute Gasteiger partial charge is 0.309 e. The van der Waals surface area contributed by atoms with Crippen molar-refractivity contribution in [1.29, 1.82) is 0 Å². The zero-order valence-electron chi connectivity index (χ0n) is 11.4. The predicted molar refractivity (Wildman–Crippen MR) is 76.0 cm³/mol. The second-order valence-electron chi connectivity index (χ2n) is 5.81. The summed E-state index contributed by atoms with van der Waals surface area (Å²) < 4.78 is 0. The molecule has 1 saturated heterocycles. The van der Waals surface area contributed by atoms with E-state index in [1.165, 1.54) is 42.9 Å². The standard InChI is InChI=1S/C14H23N3S/c1-10(14-11(2)16-9-18-14)15-7-12-5-6-17(8-12)13-3-4-13/h9-10,12-13,15H,3-8H2,1-2H3. The molecule has 100 valence electrons. The minimum absolute atomic E-state index is 0.451. The number of thiazole rings is 1. The first-order chi connectivity index (χ1) is 8.74. The van der Waals surface area contributed by atoms with Gasteiger partial charge in [0.25, 0.3) is 0 Å². The summed E-state index contributed by atoms with van der Waals surface area (Å²) in [5.74, 6) is 0.848. The van der Waals surface area contributed by atoms with Crippen molar-refractivity contribution in [2.75, 3.05) is 19.6 Å². The molecule has 1 aliphatic carbocycles. The van der Waals surface area contributed by atoms with Gasteiger partial charge >= 0.3 is 0 Å². The van der Waals surface area contributed by atoms with Gasteiger partial charge in [0.1, 0.15) is 0 Å². The fourth-order valence-corrected chi connectivity index (χ4v) is 3.80. The highest BCUT2D eigenvalue weighted by atomic mass is 32.1. The van der Waals surface area contributed by atoms with Crippen LogP contribution in [0.5, 0.6) is 0 Å². The van der Waals surface area contributed by atoms with Crippen molar-refractivity contribution in [2.24, 2.45) is 5.92 Å². The number of hydrogen-bond acceptors (Lipinski definition) is 4. The second kappa shape index (κ2) is 5.27. The van der Waals surface area contributed by atoms with Crippen molar-refractivity contribution < 1.29 is 0 Å². The van der Waals surface area contributed by atoms with Crippen LogP contribution in [0.3, 0.4) is 0 Å². The van der Waals surface area contributed by atoms with E-state index in [0.29, 0.717) is 6.04 Å². The maximum atomic E-state index is 4.33. The first-order valence-corrected chi connectivity index (χ1v) is 7.99. The predicted octanol–water partition coefficient (Wildman–Crippen LogP) is 2.59. The summed E-state index contributed by atoms with van der Waals surface area (Å²) in [4.78, 5) is 8.42. The van der Waals surface area contributed by atoms with Crippen LogP contribution in [0.1, 0.15) is 42.8 Å². The van der Waals surface area contributed by atoms with E-state index in [9.17, 15) is 0 Å². The highest BCUT2D eigenvalue weighted by Crippen LogP contribution is 2.31. The van der Waals surface area contributed by atoms with Gasteiger partial charge in [-0.2, -0.15) is 0 Å². The van der Waals surface area contributed by atoms with Gasteiger partial charge in [0.15, 0.2) is 0 Å². The molecule has 2 aliphatic rings. The summed E-state index contributed by atoms with van der Waals surface area (Å²) in [7, 11) is 0. The van der Waals surface area contributed by atoms with Crippen molar-refractivity contribution in [3.05, 3.63) is 16.1 Å². The molecule has 2 fully saturated rings. The molecule has 1 N–H and O–H groups in total. The Morgan fingerprint density at radius 3 is 3.00 bits per heavy atom. The quantitative estimate of drug-likeness (QED) is 0.887. The van der Waals surface area contributed by atoms with E-state index >= 15 is 0 Å². The molecule has 18 heavy (non-hydrogen) atoms. The van der Waals surface area contributed by atoms with Crippen LogP contribution in [0.2, 0.25) is 0 Å². The number of aryl methyl sites for hydroxylation is 1. The normalized spacial score (nSPS) is 26.7. The number of hydrogen-bond donors (Lipinski definition) is 1. The smallest absolute Gasteiger partial charge is 0.0798 e. The number of nitrogens with one attached hydrogen (secondary N) is 1. The van der Waals surface area contributed by atoms with E-state index in [2.05, 4.69) is 29.0 Å². The zero-order chi connectivity index (χ0) is 12.5. The Morgan fingerprint density at radius 2 is 2.33 bits per heavy atom. The van der Waals surface area contributed by atoms with Gasteiger partial charge in [-0.1, -0.05) is 0 Å². The minimum atomic E-state index is 0.451. The SMILES string of the molecule is Cc1ncsc1C(C)NCC1CCN(C2CC2)C1. The van der Waals surface area contributed by atoms with Crippen LogP contribution in [0.25, 0.3) is 0 Å². The van der Waals surface area contributed by atoms with Crippen LogP contribution >= 0.6 is 11.3 Å². The summed E-state index contributed by atoms with van der Waals surface area (Å²) in [5.41, 5.74) is 3.14. The van der Waals surface area contributed by atoms with Gasteiger partial charge in [-0.3, -0.25) is 0 Å². The van der Waals surface area contributed by atoms with Crippen LogP contribution in [0.4, 0.5) is 0 Å². The Morgan fingerprint density at radius 1 is 1.50 bits per heavy atom. The van der Waals surface area contributed by atoms with Gasteiger partial charge < -0.3 is 10.2 Å². The maximum Gasteiger partial charge on any atom is 0.0798 e. The molecule has 0 bridgehead atoms. The molecule has 0 amide bonds. The van der Waals surface area contributed by atoms with Crippen molar-refractivity contribution in [2.45, 2.75) is 45.2 Å². The van der Waals surface area contributed by atoms with E-state index < -0.39 is 0 Å². The van der Waals surface area contributed by atoms with Crippen molar-refractivity contribution >= 4 is 11.3 Å². The number of likely N-dealkylation sites (tertiary alicyclic amines) is 1. The Bertz CT molecular complexity index is 399. The summed E-state index contributed by atoms with van der Waals surface area (Å²) in [6, 6.07) is 1.39.